The molecular weight excluding hydrogens is 360 g/mol. The van der Waals surface area contributed by atoms with Gasteiger partial charge in [-0.25, -0.2) is 0 Å². The van der Waals surface area contributed by atoms with Gasteiger partial charge in [0.05, 0.1) is 22.8 Å². The lowest BCUT2D eigenvalue weighted by molar-refractivity contribution is -0.384. The number of non-ortho nitro benzene ring substituents is 1. The molecule has 1 aliphatic rings. The Bertz CT molecular complexity index is 814. The largest absolute Gasteiger partial charge is 0.468 e. The van der Waals surface area contributed by atoms with E-state index in [-0.39, 0.29) is 23.2 Å². The molecule has 1 aromatic carbocycles. The van der Waals surface area contributed by atoms with Crippen molar-refractivity contribution in [3.05, 3.63) is 58.0 Å². The minimum atomic E-state index is -0.490. The van der Waals surface area contributed by atoms with E-state index in [0.29, 0.717) is 12.2 Å². The summed E-state index contributed by atoms with van der Waals surface area (Å²) in [6, 6.07) is 8.05. The molecule has 1 aromatic heterocycles. The summed E-state index contributed by atoms with van der Waals surface area (Å²) in [7, 11) is 3.61. The van der Waals surface area contributed by atoms with Crippen molar-refractivity contribution in [1.82, 2.24) is 10.2 Å². The molecule has 8 nitrogen and oxygen atoms in total. The number of hydrogen-bond donors (Lipinski definition) is 1. The number of nitro groups is 1. The molecule has 2 aromatic rings. The number of anilines is 1. The van der Waals surface area contributed by atoms with Crippen LogP contribution in [0.4, 0.5) is 11.4 Å². The number of nitro benzene ring substituents is 1. The highest BCUT2D eigenvalue weighted by atomic mass is 16.6. The SMILES string of the molecule is CN(C)c1ccc([N+](=O)[O-])cc1C(=O)NCC(c1ccco1)N1CCCCC1. The molecule has 1 amide bonds. The highest BCUT2D eigenvalue weighted by Gasteiger charge is 2.26. The molecule has 8 heteroatoms. The van der Waals surface area contributed by atoms with Gasteiger partial charge in [0.1, 0.15) is 5.76 Å². The van der Waals surface area contributed by atoms with Crippen molar-refractivity contribution < 1.29 is 14.1 Å². The van der Waals surface area contributed by atoms with E-state index in [1.807, 2.05) is 12.1 Å². The summed E-state index contributed by atoms with van der Waals surface area (Å²) in [5, 5.41) is 14.1. The van der Waals surface area contributed by atoms with E-state index >= 15 is 0 Å². The standard InChI is InChI=1S/C20H26N4O4/c1-22(2)17-9-8-15(24(26)27)13-16(17)20(25)21-14-18(19-7-6-12-28-19)23-10-4-3-5-11-23/h6-9,12-13,18H,3-5,10-11,14H2,1-2H3,(H,21,25). The van der Waals surface area contributed by atoms with Crippen LogP contribution in [0, 0.1) is 10.1 Å². The molecule has 3 rings (SSSR count). The zero-order valence-electron chi connectivity index (χ0n) is 16.3. The molecule has 0 bridgehead atoms. The molecule has 1 unspecified atom stereocenters. The number of amides is 1. The number of piperidine rings is 1. The molecule has 1 saturated heterocycles. The number of rotatable bonds is 7. The van der Waals surface area contributed by atoms with Gasteiger partial charge in [0.2, 0.25) is 0 Å². The van der Waals surface area contributed by atoms with Crippen LogP contribution in [0.5, 0.6) is 0 Å². The topological polar surface area (TPSA) is 91.9 Å². The Hall–Kier alpha value is -2.87. The van der Waals surface area contributed by atoms with Crippen molar-refractivity contribution in [2.24, 2.45) is 0 Å². The Morgan fingerprint density at radius 2 is 2.04 bits per heavy atom. The van der Waals surface area contributed by atoms with E-state index in [4.69, 9.17) is 4.42 Å². The lowest BCUT2D eigenvalue weighted by Crippen LogP contribution is -2.40. The normalized spacial score (nSPS) is 15.8. The van der Waals surface area contributed by atoms with Gasteiger partial charge >= 0.3 is 0 Å². The van der Waals surface area contributed by atoms with Gasteiger partial charge < -0.3 is 14.6 Å². The van der Waals surface area contributed by atoms with Crippen molar-refractivity contribution in [2.45, 2.75) is 25.3 Å². The number of benzene rings is 1. The first kappa shape index (κ1) is 19.9. The van der Waals surface area contributed by atoms with Crippen molar-refractivity contribution in [3.63, 3.8) is 0 Å². The summed E-state index contributed by atoms with van der Waals surface area (Å²) in [6.45, 7) is 2.30. The average molecular weight is 386 g/mol. The summed E-state index contributed by atoms with van der Waals surface area (Å²) in [5.41, 5.74) is 0.820. The van der Waals surface area contributed by atoms with Crippen LogP contribution in [-0.4, -0.2) is 49.5 Å². The number of nitrogens with zero attached hydrogens (tertiary/aromatic N) is 3. The number of furan rings is 1. The van der Waals surface area contributed by atoms with E-state index in [1.165, 1.54) is 18.6 Å². The first-order valence-electron chi connectivity index (χ1n) is 9.49. The Morgan fingerprint density at radius 3 is 2.64 bits per heavy atom. The molecule has 0 saturated carbocycles. The van der Waals surface area contributed by atoms with Gasteiger partial charge in [-0.05, 0) is 44.1 Å². The summed E-state index contributed by atoms with van der Waals surface area (Å²) in [6.07, 6.45) is 5.11. The van der Waals surface area contributed by atoms with Crippen LogP contribution in [0.1, 0.15) is 41.4 Å². The molecule has 28 heavy (non-hydrogen) atoms. The van der Waals surface area contributed by atoms with Gasteiger partial charge in [-0.2, -0.15) is 0 Å². The monoisotopic (exact) mass is 386 g/mol. The first-order chi connectivity index (χ1) is 13.5. The van der Waals surface area contributed by atoms with Crippen LogP contribution in [0.3, 0.4) is 0 Å². The molecule has 1 N–H and O–H groups in total. The zero-order chi connectivity index (χ0) is 20.1. The van der Waals surface area contributed by atoms with Crippen LogP contribution in [0.25, 0.3) is 0 Å². The Kier molecular flexibility index (Phi) is 6.30. The summed E-state index contributed by atoms with van der Waals surface area (Å²) in [4.78, 5) is 27.6. The fourth-order valence-electron chi connectivity index (χ4n) is 3.61. The number of likely N-dealkylation sites (tertiary alicyclic amines) is 1. The molecule has 1 aliphatic heterocycles. The fraction of sp³-hybridized carbons (Fsp3) is 0.450. The van der Waals surface area contributed by atoms with Gasteiger partial charge in [-0.15, -0.1) is 0 Å². The molecular formula is C20H26N4O4. The van der Waals surface area contributed by atoms with E-state index < -0.39 is 4.92 Å². The van der Waals surface area contributed by atoms with Crippen LogP contribution in [0.2, 0.25) is 0 Å². The Morgan fingerprint density at radius 1 is 1.29 bits per heavy atom. The maximum Gasteiger partial charge on any atom is 0.270 e. The summed E-state index contributed by atoms with van der Waals surface area (Å²) >= 11 is 0. The number of carbonyl (C=O) groups is 1. The van der Waals surface area contributed by atoms with Crippen LogP contribution < -0.4 is 10.2 Å². The third-order valence-electron chi connectivity index (χ3n) is 5.08. The van der Waals surface area contributed by atoms with Crippen molar-refractivity contribution >= 4 is 17.3 Å². The highest BCUT2D eigenvalue weighted by Crippen LogP contribution is 2.26. The predicted octanol–water partition coefficient (Wildman–Crippen LogP) is 3.21. The van der Waals surface area contributed by atoms with Crippen molar-refractivity contribution in [3.8, 4) is 0 Å². The van der Waals surface area contributed by atoms with Crippen LogP contribution >= 0.6 is 0 Å². The molecule has 150 valence electrons. The van der Waals surface area contributed by atoms with E-state index in [1.54, 1.807) is 31.3 Å². The molecule has 0 aliphatic carbocycles. The van der Waals surface area contributed by atoms with Gasteiger partial charge in [0, 0.05) is 38.5 Å². The molecule has 2 heterocycles. The predicted molar refractivity (Wildman–Crippen MR) is 107 cm³/mol. The summed E-state index contributed by atoms with van der Waals surface area (Å²) in [5.74, 6) is 0.482. The lowest BCUT2D eigenvalue weighted by Gasteiger charge is -2.33. The zero-order valence-corrected chi connectivity index (χ0v) is 16.3. The fourth-order valence-corrected chi connectivity index (χ4v) is 3.61. The molecule has 0 spiro atoms. The molecule has 0 radical (unpaired) electrons. The second kappa shape index (κ2) is 8.88. The third kappa shape index (κ3) is 4.51. The van der Waals surface area contributed by atoms with Gasteiger partial charge in [-0.3, -0.25) is 19.8 Å². The third-order valence-corrected chi connectivity index (χ3v) is 5.08. The minimum Gasteiger partial charge on any atom is -0.468 e. The Balaban J connectivity index is 1.79. The quantitative estimate of drug-likeness (QED) is 0.580. The van der Waals surface area contributed by atoms with Crippen LogP contribution in [0.15, 0.2) is 41.0 Å². The second-order valence-corrected chi connectivity index (χ2v) is 7.19. The highest BCUT2D eigenvalue weighted by molar-refractivity contribution is 6.00. The van der Waals surface area contributed by atoms with E-state index in [9.17, 15) is 14.9 Å². The number of carbonyl (C=O) groups excluding carboxylic acids is 1. The van der Waals surface area contributed by atoms with Crippen LogP contribution in [-0.2, 0) is 0 Å². The summed E-state index contributed by atoms with van der Waals surface area (Å²) < 4.78 is 5.61. The maximum absolute atomic E-state index is 12.9. The van der Waals surface area contributed by atoms with Gasteiger partial charge in [0.25, 0.3) is 11.6 Å². The Labute approximate surface area is 164 Å². The smallest absolute Gasteiger partial charge is 0.270 e. The maximum atomic E-state index is 12.9. The molecule has 1 atom stereocenters. The van der Waals surface area contributed by atoms with Crippen molar-refractivity contribution in [1.29, 1.82) is 0 Å². The number of nitrogens with one attached hydrogen (secondary N) is 1. The molecule has 1 fully saturated rings. The van der Waals surface area contributed by atoms with E-state index in [2.05, 4.69) is 10.2 Å². The first-order valence-corrected chi connectivity index (χ1v) is 9.49. The van der Waals surface area contributed by atoms with Gasteiger partial charge in [0.15, 0.2) is 0 Å². The van der Waals surface area contributed by atoms with Crippen molar-refractivity contribution in [2.75, 3.05) is 38.6 Å². The van der Waals surface area contributed by atoms with E-state index in [0.717, 1.165) is 31.7 Å². The number of hydrogen-bond acceptors (Lipinski definition) is 6. The van der Waals surface area contributed by atoms with Gasteiger partial charge in [-0.1, -0.05) is 6.42 Å². The second-order valence-electron chi connectivity index (χ2n) is 7.19. The minimum absolute atomic E-state index is 0.0549. The average Bonchev–Trinajstić information content (AvgIpc) is 3.22. The lowest BCUT2D eigenvalue weighted by atomic mass is 10.1.